The van der Waals surface area contributed by atoms with Gasteiger partial charge in [-0.1, -0.05) is 133 Å². The maximum atomic E-state index is 5.16. The van der Waals surface area contributed by atoms with Gasteiger partial charge in [0.15, 0.2) is 17.5 Å². The van der Waals surface area contributed by atoms with Gasteiger partial charge in [-0.2, -0.15) is 0 Å². The second-order valence-corrected chi connectivity index (χ2v) is 13.5. The lowest BCUT2D eigenvalue weighted by atomic mass is 9.99. The molecule has 0 aliphatic rings. The van der Waals surface area contributed by atoms with Crippen molar-refractivity contribution >= 4 is 53.3 Å². The molecule has 7 aromatic carbocycles. The van der Waals surface area contributed by atoms with Crippen molar-refractivity contribution in [1.29, 1.82) is 0 Å². The Kier molecular flexibility index (Phi) is 6.64. The smallest absolute Gasteiger partial charge is 0.165 e. The number of fused-ring (bicyclic) bond motifs is 6. The molecule has 0 saturated heterocycles. The van der Waals surface area contributed by atoms with E-state index in [0.29, 0.717) is 17.5 Å². The van der Waals surface area contributed by atoms with Crippen LogP contribution >= 0.6 is 11.3 Å². The molecule has 10 aromatic rings. The van der Waals surface area contributed by atoms with E-state index in [9.17, 15) is 0 Å². The molecule has 0 radical (unpaired) electrons. The molecule has 0 N–H and O–H groups in total. The van der Waals surface area contributed by atoms with E-state index in [0.717, 1.165) is 38.2 Å². The van der Waals surface area contributed by atoms with Gasteiger partial charge in [-0.25, -0.2) is 15.0 Å². The lowest BCUT2D eigenvalue weighted by Gasteiger charge is -2.11. The minimum atomic E-state index is 0.655. The summed E-state index contributed by atoms with van der Waals surface area (Å²) in [6, 6.07) is 59.7. The van der Waals surface area contributed by atoms with Gasteiger partial charge in [-0.3, -0.25) is 0 Å². The highest BCUT2D eigenvalue weighted by Gasteiger charge is 2.20. The molecule has 0 atom stereocenters. The summed E-state index contributed by atoms with van der Waals surface area (Å²) in [6.07, 6.45) is 0. The van der Waals surface area contributed by atoms with Gasteiger partial charge in [0, 0.05) is 53.3 Å². The van der Waals surface area contributed by atoms with Crippen LogP contribution in [0.15, 0.2) is 170 Å². The summed E-state index contributed by atoms with van der Waals surface area (Å²) in [7, 11) is 0. The zero-order chi connectivity index (χ0) is 33.0. The number of nitrogens with zero attached hydrogens (tertiary/aromatic N) is 4. The van der Waals surface area contributed by atoms with E-state index < -0.39 is 0 Å². The van der Waals surface area contributed by atoms with Gasteiger partial charge < -0.3 is 4.57 Å². The molecule has 0 aliphatic carbocycles. The van der Waals surface area contributed by atoms with Crippen LogP contribution in [-0.4, -0.2) is 19.5 Å². The number of hydrogen-bond acceptors (Lipinski definition) is 4. The molecule has 5 heteroatoms. The van der Waals surface area contributed by atoms with E-state index in [1.807, 2.05) is 36.4 Å². The molecule has 4 nitrogen and oxygen atoms in total. The van der Waals surface area contributed by atoms with Crippen LogP contribution in [0.5, 0.6) is 0 Å². The fourth-order valence-corrected chi connectivity index (χ4v) is 8.33. The molecule has 0 fully saturated rings. The lowest BCUT2D eigenvalue weighted by molar-refractivity contribution is 1.08. The number of hydrogen-bond donors (Lipinski definition) is 0. The van der Waals surface area contributed by atoms with Crippen molar-refractivity contribution in [1.82, 2.24) is 19.5 Å². The van der Waals surface area contributed by atoms with Gasteiger partial charge in [0.2, 0.25) is 0 Å². The van der Waals surface area contributed by atoms with Crippen LogP contribution in [0.25, 0.3) is 93.0 Å². The molecule has 0 aliphatic heterocycles. The minimum absolute atomic E-state index is 0.655. The van der Waals surface area contributed by atoms with Crippen molar-refractivity contribution in [2.24, 2.45) is 0 Å². The molecule has 0 amide bonds. The van der Waals surface area contributed by atoms with E-state index in [4.69, 9.17) is 15.0 Å². The van der Waals surface area contributed by atoms with Crippen molar-refractivity contribution in [2.45, 2.75) is 0 Å². The van der Waals surface area contributed by atoms with Crippen molar-refractivity contribution in [2.75, 3.05) is 0 Å². The maximum absolute atomic E-state index is 5.16. The van der Waals surface area contributed by atoms with E-state index in [1.165, 1.54) is 37.3 Å². The maximum Gasteiger partial charge on any atom is 0.165 e. The van der Waals surface area contributed by atoms with Crippen LogP contribution in [0, 0.1) is 0 Å². The van der Waals surface area contributed by atoms with Crippen molar-refractivity contribution in [3.8, 4) is 51.0 Å². The predicted octanol–water partition coefficient (Wildman–Crippen LogP) is 12.0. The highest BCUT2D eigenvalue weighted by Crippen LogP contribution is 2.44. The van der Waals surface area contributed by atoms with Crippen LogP contribution < -0.4 is 0 Å². The Morgan fingerprint density at radius 3 is 1.50 bits per heavy atom. The normalized spacial score (nSPS) is 11.6. The van der Waals surface area contributed by atoms with Crippen LogP contribution in [0.1, 0.15) is 0 Å². The molecule has 0 unspecified atom stereocenters. The Bertz CT molecular complexity index is 2750. The van der Waals surface area contributed by atoms with Gasteiger partial charge in [-0.05, 0) is 47.5 Å². The Hall–Kier alpha value is -6.43. The zero-order valence-electron chi connectivity index (χ0n) is 26.9. The fraction of sp³-hybridized carbons (Fsp3) is 0. The molecule has 10 rings (SSSR count). The zero-order valence-corrected chi connectivity index (χ0v) is 27.7. The van der Waals surface area contributed by atoms with Gasteiger partial charge >= 0.3 is 0 Å². The van der Waals surface area contributed by atoms with E-state index in [1.54, 1.807) is 11.3 Å². The first-order valence-corrected chi connectivity index (χ1v) is 17.5. The Balaban J connectivity index is 1.25. The van der Waals surface area contributed by atoms with Crippen LogP contribution in [-0.2, 0) is 0 Å². The topological polar surface area (TPSA) is 43.6 Å². The first kappa shape index (κ1) is 28.6. The predicted molar refractivity (Wildman–Crippen MR) is 209 cm³/mol. The minimum Gasteiger partial charge on any atom is -0.309 e. The van der Waals surface area contributed by atoms with Gasteiger partial charge in [0.05, 0.1) is 11.0 Å². The first-order chi connectivity index (χ1) is 24.8. The average Bonchev–Trinajstić information content (AvgIpc) is 3.74. The molecule has 0 saturated carbocycles. The number of rotatable bonds is 5. The molecule has 3 heterocycles. The Labute approximate surface area is 292 Å². The van der Waals surface area contributed by atoms with Gasteiger partial charge in [0.1, 0.15) is 0 Å². The van der Waals surface area contributed by atoms with Crippen molar-refractivity contribution in [3.05, 3.63) is 170 Å². The quantitative estimate of drug-likeness (QED) is 0.185. The van der Waals surface area contributed by atoms with Crippen molar-refractivity contribution in [3.63, 3.8) is 0 Å². The fourth-order valence-electron chi connectivity index (χ4n) is 7.10. The third-order valence-corrected chi connectivity index (χ3v) is 10.6. The summed E-state index contributed by atoms with van der Waals surface area (Å²) in [5.74, 6) is 1.97. The Morgan fingerprint density at radius 1 is 0.380 bits per heavy atom. The highest BCUT2D eigenvalue weighted by atomic mass is 32.1. The average molecular weight is 657 g/mol. The third-order valence-electron chi connectivity index (χ3n) is 9.44. The molecule has 0 spiro atoms. The monoisotopic (exact) mass is 656 g/mol. The summed E-state index contributed by atoms with van der Waals surface area (Å²) < 4.78 is 4.75. The van der Waals surface area contributed by atoms with E-state index in [-0.39, 0.29) is 0 Å². The SMILES string of the molecule is c1ccc(-c2cc(-c3nc(-c4ccccc4)nc(-c4ccccc4)n3)c3sc4cc(-n5c6ccccc6c6ccccc65)ccc4c3c2)cc1. The summed E-state index contributed by atoms with van der Waals surface area (Å²) in [5, 5.41) is 4.92. The van der Waals surface area contributed by atoms with Gasteiger partial charge in [0.25, 0.3) is 0 Å². The van der Waals surface area contributed by atoms with Crippen LogP contribution in [0.3, 0.4) is 0 Å². The molecule has 0 bridgehead atoms. The molecule has 50 heavy (non-hydrogen) atoms. The number of thiophene rings is 1. The van der Waals surface area contributed by atoms with E-state index >= 15 is 0 Å². The molecular formula is C45H28N4S. The Morgan fingerprint density at radius 2 is 0.900 bits per heavy atom. The standard InChI is InChI=1S/C45H28N4S/c1-4-14-29(15-5-1)32-26-37-36-25-24-33(49-39-22-12-10-20-34(39)35-21-11-13-23-40(35)49)28-41(36)50-42(37)38(27-32)45-47-43(30-16-6-2-7-17-30)46-44(48-45)31-18-8-3-9-19-31/h1-28H. The van der Waals surface area contributed by atoms with Gasteiger partial charge in [-0.15, -0.1) is 11.3 Å². The molecule has 3 aromatic heterocycles. The lowest BCUT2D eigenvalue weighted by Crippen LogP contribution is -2.00. The van der Waals surface area contributed by atoms with Crippen LogP contribution in [0.4, 0.5) is 0 Å². The summed E-state index contributed by atoms with van der Waals surface area (Å²) in [5.41, 5.74) is 8.73. The summed E-state index contributed by atoms with van der Waals surface area (Å²) in [4.78, 5) is 15.3. The number of aromatic nitrogens is 4. The van der Waals surface area contributed by atoms with Crippen LogP contribution in [0.2, 0.25) is 0 Å². The highest BCUT2D eigenvalue weighted by molar-refractivity contribution is 7.26. The second kappa shape index (κ2) is 11.6. The molecule has 234 valence electrons. The number of benzene rings is 7. The summed E-state index contributed by atoms with van der Waals surface area (Å²) in [6.45, 7) is 0. The first-order valence-electron chi connectivity index (χ1n) is 16.7. The summed E-state index contributed by atoms with van der Waals surface area (Å²) >= 11 is 1.80. The largest absolute Gasteiger partial charge is 0.309 e. The second-order valence-electron chi connectivity index (χ2n) is 12.5. The van der Waals surface area contributed by atoms with Crippen molar-refractivity contribution < 1.29 is 0 Å². The third kappa shape index (κ3) is 4.71. The van der Waals surface area contributed by atoms with E-state index in [2.05, 4.69) is 138 Å². The molecular weight excluding hydrogens is 629 g/mol. The number of para-hydroxylation sites is 2.